The first-order chi connectivity index (χ1) is 9.33. The predicted molar refractivity (Wildman–Crippen MR) is 73.6 cm³/mol. The van der Waals surface area contributed by atoms with Crippen molar-refractivity contribution in [3.05, 3.63) is 34.8 Å². The summed E-state index contributed by atoms with van der Waals surface area (Å²) < 4.78 is 6.64. The van der Waals surface area contributed by atoms with Crippen LogP contribution < -0.4 is 5.32 Å². The first-order valence-corrected chi connectivity index (χ1v) is 6.94. The third kappa shape index (κ3) is 2.93. The van der Waals surface area contributed by atoms with E-state index in [0.717, 1.165) is 29.6 Å². The van der Waals surface area contributed by atoms with Crippen molar-refractivity contribution in [1.82, 2.24) is 20.2 Å². The van der Waals surface area contributed by atoms with Crippen LogP contribution in [0.5, 0.6) is 0 Å². The van der Waals surface area contributed by atoms with E-state index in [2.05, 4.69) is 41.4 Å². The van der Waals surface area contributed by atoms with Gasteiger partial charge in [0.25, 0.3) is 0 Å². The highest BCUT2D eigenvalue weighted by Gasteiger charge is 2.30. The average molecular weight is 324 g/mol. The molecule has 2 aromatic rings. The van der Waals surface area contributed by atoms with Crippen molar-refractivity contribution in [2.45, 2.75) is 12.5 Å². The van der Waals surface area contributed by atoms with Gasteiger partial charge in [0.15, 0.2) is 0 Å². The number of aromatic nitrogens is 4. The third-order valence-corrected chi connectivity index (χ3v) is 3.61. The van der Waals surface area contributed by atoms with Gasteiger partial charge in [-0.25, -0.2) is 9.97 Å². The van der Waals surface area contributed by atoms with Gasteiger partial charge in [0, 0.05) is 43.2 Å². The number of rotatable bonds is 4. The Labute approximate surface area is 119 Å². The largest absolute Gasteiger partial charge is 0.373 e. The Hall–Kier alpha value is -1.47. The Bertz CT molecular complexity index is 515. The van der Waals surface area contributed by atoms with Gasteiger partial charge in [-0.2, -0.15) is 5.10 Å². The maximum atomic E-state index is 5.77. The van der Waals surface area contributed by atoms with Crippen molar-refractivity contribution < 1.29 is 4.74 Å². The van der Waals surface area contributed by atoms with Gasteiger partial charge in [-0.15, -0.1) is 0 Å². The number of anilines is 1. The van der Waals surface area contributed by atoms with Gasteiger partial charge in [0.2, 0.25) is 5.95 Å². The van der Waals surface area contributed by atoms with Crippen LogP contribution >= 0.6 is 15.9 Å². The summed E-state index contributed by atoms with van der Waals surface area (Å²) in [4.78, 5) is 8.40. The molecular weight excluding hydrogens is 310 g/mol. The molecule has 0 bridgehead atoms. The number of hydrogen-bond donors (Lipinski definition) is 2. The Kier molecular flexibility index (Phi) is 3.74. The summed E-state index contributed by atoms with van der Waals surface area (Å²) in [6.45, 7) is 1.57. The number of halogens is 1. The Balaban J connectivity index is 1.61. The molecule has 7 heteroatoms. The van der Waals surface area contributed by atoms with Crippen LogP contribution in [0.2, 0.25) is 0 Å². The molecule has 1 saturated heterocycles. The minimum atomic E-state index is 0.0988. The van der Waals surface area contributed by atoms with Crippen LogP contribution in [-0.2, 0) is 4.74 Å². The van der Waals surface area contributed by atoms with E-state index < -0.39 is 0 Å². The van der Waals surface area contributed by atoms with Gasteiger partial charge in [-0.3, -0.25) is 5.10 Å². The molecule has 0 spiro atoms. The van der Waals surface area contributed by atoms with Crippen LogP contribution in [0.1, 0.15) is 18.1 Å². The van der Waals surface area contributed by atoms with Crippen molar-refractivity contribution in [1.29, 1.82) is 0 Å². The highest BCUT2D eigenvalue weighted by molar-refractivity contribution is 9.10. The van der Waals surface area contributed by atoms with Gasteiger partial charge in [0.05, 0.1) is 16.8 Å². The second-order valence-electron chi connectivity index (χ2n) is 4.48. The monoisotopic (exact) mass is 323 g/mol. The van der Waals surface area contributed by atoms with Gasteiger partial charge in [0.1, 0.15) is 0 Å². The minimum Gasteiger partial charge on any atom is -0.373 e. The summed E-state index contributed by atoms with van der Waals surface area (Å²) in [5, 5.41) is 10.1. The maximum absolute atomic E-state index is 5.77. The van der Waals surface area contributed by atoms with E-state index >= 15 is 0 Å². The molecule has 3 heterocycles. The molecule has 0 unspecified atom stereocenters. The molecule has 1 aliphatic rings. The highest BCUT2D eigenvalue weighted by Crippen LogP contribution is 2.33. The third-order valence-electron chi connectivity index (χ3n) is 3.20. The smallest absolute Gasteiger partial charge is 0.222 e. The number of ether oxygens (including phenoxy) is 1. The van der Waals surface area contributed by atoms with Gasteiger partial charge in [-0.1, -0.05) is 0 Å². The van der Waals surface area contributed by atoms with Gasteiger partial charge in [-0.05, 0) is 22.4 Å². The number of aromatic amines is 1. The van der Waals surface area contributed by atoms with Gasteiger partial charge < -0.3 is 10.1 Å². The van der Waals surface area contributed by atoms with Crippen LogP contribution in [0.3, 0.4) is 0 Å². The van der Waals surface area contributed by atoms with E-state index in [1.54, 1.807) is 12.4 Å². The lowest BCUT2D eigenvalue weighted by Crippen LogP contribution is -2.18. The van der Waals surface area contributed by atoms with Crippen molar-refractivity contribution in [2.24, 2.45) is 5.92 Å². The normalized spacial score (nSPS) is 22.6. The zero-order valence-corrected chi connectivity index (χ0v) is 11.8. The number of H-pyrrole nitrogens is 1. The maximum Gasteiger partial charge on any atom is 0.222 e. The zero-order chi connectivity index (χ0) is 13.1. The molecule has 2 aromatic heterocycles. The molecule has 0 saturated carbocycles. The Morgan fingerprint density at radius 1 is 1.37 bits per heavy atom. The van der Waals surface area contributed by atoms with Crippen molar-refractivity contribution in [2.75, 3.05) is 18.5 Å². The first-order valence-electron chi connectivity index (χ1n) is 6.14. The molecule has 100 valence electrons. The van der Waals surface area contributed by atoms with Crippen LogP contribution in [-0.4, -0.2) is 33.3 Å². The van der Waals surface area contributed by atoms with Crippen molar-refractivity contribution in [3.63, 3.8) is 0 Å². The molecule has 0 radical (unpaired) electrons. The lowest BCUT2D eigenvalue weighted by Gasteiger charge is -2.17. The molecule has 0 aromatic carbocycles. The summed E-state index contributed by atoms with van der Waals surface area (Å²) in [7, 11) is 0. The predicted octanol–water partition coefficient (Wildman–Crippen LogP) is 2.15. The average Bonchev–Trinajstić information content (AvgIpc) is 3.08. The molecule has 2 atom stereocenters. The lowest BCUT2D eigenvalue weighted by molar-refractivity contribution is 0.0933. The standard InChI is InChI=1S/C12H14BrN5O/c13-10-6-15-12(16-7-10)14-3-8-1-2-19-11(8)9-4-17-18-5-9/h4-8,11H,1-3H2,(H,17,18)(H,14,15,16)/t8-,11+/m1/s1. The number of nitrogens with zero attached hydrogens (tertiary/aromatic N) is 3. The number of hydrogen-bond acceptors (Lipinski definition) is 5. The summed E-state index contributed by atoms with van der Waals surface area (Å²) in [6.07, 6.45) is 8.29. The molecular formula is C12H14BrN5O. The van der Waals surface area contributed by atoms with Crippen LogP contribution in [0, 0.1) is 5.92 Å². The van der Waals surface area contributed by atoms with Gasteiger partial charge >= 0.3 is 0 Å². The van der Waals surface area contributed by atoms with E-state index in [1.165, 1.54) is 0 Å². The van der Waals surface area contributed by atoms with E-state index in [4.69, 9.17) is 4.74 Å². The molecule has 1 aliphatic heterocycles. The molecule has 19 heavy (non-hydrogen) atoms. The van der Waals surface area contributed by atoms with Crippen LogP contribution in [0.4, 0.5) is 5.95 Å². The molecule has 6 nitrogen and oxygen atoms in total. The lowest BCUT2D eigenvalue weighted by atomic mass is 9.97. The second kappa shape index (κ2) is 5.66. The molecule has 2 N–H and O–H groups in total. The minimum absolute atomic E-state index is 0.0988. The van der Waals surface area contributed by atoms with E-state index in [1.807, 2.05) is 12.4 Å². The second-order valence-corrected chi connectivity index (χ2v) is 5.39. The first kappa shape index (κ1) is 12.6. The van der Waals surface area contributed by atoms with Crippen molar-refractivity contribution in [3.8, 4) is 0 Å². The van der Waals surface area contributed by atoms with E-state index in [9.17, 15) is 0 Å². The quantitative estimate of drug-likeness (QED) is 0.901. The fourth-order valence-electron chi connectivity index (χ4n) is 2.25. The molecule has 0 aliphatic carbocycles. The topological polar surface area (TPSA) is 75.7 Å². The summed E-state index contributed by atoms with van der Waals surface area (Å²) in [5.74, 6) is 1.05. The Morgan fingerprint density at radius 2 is 2.21 bits per heavy atom. The molecule has 1 fully saturated rings. The van der Waals surface area contributed by atoms with Crippen LogP contribution in [0.15, 0.2) is 29.3 Å². The zero-order valence-electron chi connectivity index (χ0n) is 10.2. The summed E-state index contributed by atoms with van der Waals surface area (Å²) in [5.41, 5.74) is 1.10. The summed E-state index contributed by atoms with van der Waals surface area (Å²) >= 11 is 3.32. The highest BCUT2D eigenvalue weighted by atomic mass is 79.9. The van der Waals surface area contributed by atoms with E-state index in [0.29, 0.717) is 11.9 Å². The van der Waals surface area contributed by atoms with Crippen LogP contribution in [0.25, 0.3) is 0 Å². The van der Waals surface area contributed by atoms with E-state index in [-0.39, 0.29) is 6.10 Å². The fourth-order valence-corrected chi connectivity index (χ4v) is 2.46. The summed E-state index contributed by atoms with van der Waals surface area (Å²) in [6, 6.07) is 0. The SMILES string of the molecule is Brc1cnc(NC[C@H]2CCO[C@@H]2c2cn[nH]c2)nc1. The van der Waals surface area contributed by atoms with Crippen molar-refractivity contribution >= 4 is 21.9 Å². The number of nitrogens with one attached hydrogen (secondary N) is 2. The molecule has 0 amide bonds. The fraction of sp³-hybridized carbons (Fsp3) is 0.417. The Morgan fingerprint density at radius 3 is 2.95 bits per heavy atom. The molecule has 3 rings (SSSR count).